The first-order valence-corrected chi connectivity index (χ1v) is 9.10. The first-order chi connectivity index (χ1) is 13.9. The lowest BCUT2D eigenvalue weighted by Crippen LogP contribution is -2.06. The highest BCUT2D eigenvalue weighted by molar-refractivity contribution is 6.28. The average molecular weight is 419 g/mol. The fourth-order valence-corrected chi connectivity index (χ4v) is 3.11. The van der Waals surface area contributed by atoms with Crippen LogP contribution < -0.4 is 4.74 Å². The molecule has 0 bridgehead atoms. The van der Waals surface area contributed by atoms with Crippen LogP contribution in [0.15, 0.2) is 54.6 Å². The van der Waals surface area contributed by atoms with Crippen molar-refractivity contribution in [2.24, 2.45) is 0 Å². The Morgan fingerprint density at radius 2 is 1.79 bits per heavy atom. The zero-order chi connectivity index (χ0) is 20.6. The van der Waals surface area contributed by atoms with Crippen molar-refractivity contribution in [3.63, 3.8) is 0 Å². The second-order valence-corrected chi connectivity index (χ2v) is 6.58. The van der Waals surface area contributed by atoms with Gasteiger partial charge in [-0.25, -0.2) is 0 Å². The van der Waals surface area contributed by atoms with Crippen molar-refractivity contribution < 1.29 is 17.9 Å². The number of aryl methyl sites for hydroxylation is 1. The molecular formula is C20H14ClF3N4O. The molecule has 0 aliphatic carbocycles. The number of nitrogens with zero attached hydrogens (tertiary/aromatic N) is 4. The third-order valence-electron chi connectivity index (χ3n) is 4.38. The lowest BCUT2D eigenvalue weighted by atomic mass is 10.0. The van der Waals surface area contributed by atoms with Crippen LogP contribution in [0.2, 0.25) is 5.28 Å². The van der Waals surface area contributed by atoms with Crippen LogP contribution >= 0.6 is 11.6 Å². The van der Waals surface area contributed by atoms with Gasteiger partial charge in [0.15, 0.2) is 5.65 Å². The Hall–Kier alpha value is -3.13. The van der Waals surface area contributed by atoms with Gasteiger partial charge in [0.2, 0.25) is 11.2 Å². The molecule has 2 aromatic heterocycles. The highest BCUT2D eigenvalue weighted by Crippen LogP contribution is 2.39. The van der Waals surface area contributed by atoms with Gasteiger partial charge in [0.05, 0.1) is 5.56 Å². The van der Waals surface area contributed by atoms with Crippen molar-refractivity contribution in [3.8, 4) is 22.8 Å². The quantitative estimate of drug-likeness (QED) is 0.419. The molecule has 4 aromatic rings. The maximum atomic E-state index is 13.3. The molecule has 0 radical (unpaired) electrons. The van der Waals surface area contributed by atoms with Gasteiger partial charge in [0, 0.05) is 17.2 Å². The van der Waals surface area contributed by atoms with E-state index in [0.717, 1.165) is 23.3 Å². The molecule has 148 valence electrons. The molecule has 0 fully saturated rings. The molecule has 0 spiro atoms. The average Bonchev–Trinajstić information content (AvgIpc) is 3.08. The van der Waals surface area contributed by atoms with E-state index in [1.807, 2.05) is 13.0 Å². The van der Waals surface area contributed by atoms with Gasteiger partial charge in [-0.1, -0.05) is 43.3 Å². The van der Waals surface area contributed by atoms with Gasteiger partial charge in [-0.15, -0.1) is 15.3 Å². The van der Waals surface area contributed by atoms with Crippen molar-refractivity contribution in [1.29, 1.82) is 0 Å². The van der Waals surface area contributed by atoms with E-state index >= 15 is 0 Å². The molecular weight excluding hydrogens is 405 g/mol. The first kappa shape index (κ1) is 19.2. The predicted octanol–water partition coefficient (Wildman–Crippen LogP) is 5.82. The van der Waals surface area contributed by atoms with Crippen LogP contribution in [0.3, 0.4) is 0 Å². The summed E-state index contributed by atoms with van der Waals surface area (Å²) < 4.78 is 46.9. The van der Waals surface area contributed by atoms with Crippen molar-refractivity contribution in [2.45, 2.75) is 19.5 Å². The fourth-order valence-electron chi connectivity index (χ4n) is 2.95. The van der Waals surface area contributed by atoms with E-state index in [0.29, 0.717) is 17.6 Å². The van der Waals surface area contributed by atoms with E-state index in [2.05, 4.69) is 15.3 Å². The normalized spacial score (nSPS) is 11.8. The summed E-state index contributed by atoms with van der Waals surface area (Å²) in [5.74, 6) is 0.122. The summed E-state index contributed by atoms with van der Waals surface area (Å²) in [6.07, 6.45) is -3.91. The van der Waals surface area contributed by atoms with E-state index in [-0.39, 0.29) is 16.9 Å². The maximum Gasteiger partial charge on any atom is 0.416 e. The molecule has 0 aliphatic heterocycles. The summed E-state index contributed by atoms with van der Waals surface area (Å²) in [5.41, 5.74) is 1.63. The molecule has 0 saturated carbocycles. The lowest BCUT2D eigenvalue weighted by molar-refractivity contribution is -0.137. The van der Waals surface area contributed by atoms with Crippen molar-refractivity contribution >= 4 is 17.2 Å². The van der Waals surface area contributed by atoms with Gasteiger partial charge >= 0.3 is 6.18 Å². The molecule has 4 rings (SSSR count). The zero-order valence-electron chi connectivity index (χ0n) is 15.1. The second-order valence-electron chi connectivity index (χ2n) is 6.24. The molecule has 0 N–H and O–H groups in total. The standard InChI is InChI=1S/C20H14ClF3N4O/c1-2-12-10-17(27-28-18(12)25-26-19(28)21)29-16-11-14(20(22,23)24)8-9-15(16)13-6-4-3-5-7-13/h3-11H,2H2,1H3. The van der Waals surface area contributed by atoms with Crippen molar-refractivity contribution in [1.82, 2.24) is 19.8 Å². The largest absolute Gasteiger partial charge is 0.437 e. The second kappa shape index (κ2) is 7.36. The fraction of sp³-hybridized carbons (Fsp3) is 0.150. The summed E-state index contributed by atoms with van der Waals surface area (Å²) in [6.45, 7) is 1.90. The van der Waals surface area contributed by atoms with Gasteiger partial charge in [-0.3, -0.25) is 0 Å². The summed E-state index contributed by atoms with van der Waals surface area (Å²) >= 11 is 6.01. The van der Waals surface area contributed by atoms with E-state index in [4.69, 9.17) is 16.3 Å². The lowest BCUT2D eigenvalue weighted by Gasteiger charge is -2.15. The highest BCUT2D eigenvalue weighted by atomic mass is 35.5. The van der Waals surface area contributed by atoms with E-state index < -0.39 is 11.7 Å². The molecule has 0 unspecified atom stereocenters. The minimum Gasteiger partial charge on any atom is -0.437 e. The van der Waals surface area contributed by atoms with Gasteiger partial charge in [-0.2, -0.15) is 17.7 Å². The number of alkyl halides is 3. The molecule has 0 amide bonds. The zero-order valence-corrected chi connectivity index (χ0v) is 15.9. The van der Waals surface area contributed by atoms with Crippen LogP contribution in [0.25, 0.3) is 16.8 Å². The minimum atomic E-state index is -4.50. The van der Waals surface area contributed by atoms with Crippen LogP contribution in [-0.2, 0) is 12.6 Å². The van der Waals surface area contributed by atoms with Crippen LogP contribution in [0.4, 0.5) is 13.2 Å². The van der Waals surface area contributed by atoms with E-state index in [1.54, 1.807) is 30.3 Å². The molecule has 2 heterocycles. The third-order valence-corrected chi connectivity index (χ3v) is 4.61. The Kier molecular flexibility index (Phi) is 4.87. The molecule has 29 heavy (non-hydrogen) atoms. The molecule has 0 atom stereocenters. The van der Waals surface area contributed by atoms with Crippen LogP contribution in [0.1, 0.15) is 18.1 Å². The Morgan fingerprint density at radius 1 is 1.03 bits per heavy atom. The number of benzene rings is 2. The number of aromatic nitrogens is 4. The number of ether oxygens (including phenoxy) is 1. The van der Waals surface area contributed by atoms with Crippen LogP contribution in [0.5, 0.6) is 11.6 Å². The summed E-state index contributed by atoms with van der Waals surface area (Å²) in [6, 6.07) is 14.0. The predicted molar refractivity (Wildman–Crippen MR) is 102 cm³/mol. The number of rotatable bonds is 4. The topological polar surface area (TPSA) is 52.3 Å². The smallest absolute Gasteiger partial charge is 0.416 e. The Morgan fingerprint density at radius 3 is 2.48 bits per heavy atom. The molecule has 5 nitrogen and oxygen atoms in total. The Bertz CT molecular complexity index is 1180. The minimum absolute atomic E-state index is 0.0316. The highest BCUT2D eigenvalue weighted by Gasteiger charge is 2.31. The number of hydrogen-bond donors (Lipinski definition) is 0. The van der Waals surface area contributed by atoms with Gasteiger partial charge in [0.1, 0.15) is 5.75 Å². The number of fused-ring (bicyclic) bond motifs is 1. The monoisotopic (exact) mass is 418 g/mol. The molecule has 2 aromatic carbocycles. The number of halogens is 4. The Labute approximate surface area is 168 Å². The SMILES string of the molecule is CCc1cc(Oc2cc(C(F)(F)F)ccc2-c2ccccc2)nn2c(Cl)nnc12. The van der Waals surface area contributed by atoms with E-state index in [9.17, 15) is 13.2 Å². The van der Waals surface area contributed by atoms with Gasteiger partial charge in [-0.05, 0) is 35.7 Å². The van der Waals surface area contributed by atoms with Gasteiger partial charge in [0.25, 0.3) is 0 Å². The summed E-state index contributed by atoms with van der Waals surface area (Å²) in [7, 11) is 0. The van der Waals surface area contributed by atoms with Crippen LogP contribution in [-0.4, -0.2) is 19.8 Å². The maximum absolute atomic E-state index is 13.3. The van der Waals surface area contributed by atoms with Gasteiger partial charge < -0.3 is 4.74 Å². The Balaban J connectivity index is 1.85. The van der Waals surface area contributed by atoms with E-state index in [1.165, 1.54) is 10.6 Å². The first-order valence-electron chi connectivity index (χ1n) is 8.72. The van der Waals surface area contributed by atoms with Crippen molar-refractivity contribution in [3.05, 3.63) is 71.0 Å². The molecule has 9 heteroatoms. The molecule has 0 aliphatic rings. The van der Waals surface area contributed by atoms with Crippen molar-refractivity contribution in [2.75, 3.05) is 0 Å². The summed E-state index contributed by atoms with van der Waals surface area (Å²) in [4.78, 5) is 0. The molecule has 0 saturated heterocycles. The summed E-state index contributed by atoms with van der Waals surface area (Å²) in [5, 5.41) is 12.0. The number of hydrogen-bond acceptors (Lipinski definition) is 4. The third kappa shape index (κ3) is 3.75. The van der Waals surface area contributed by atoms with Crippen LogP contribution in [0, 0.1) is 0 Å².